The number of anilines is 2. The van der Waals surface area contributed by atoms with Crippen molar-refractivity contribution >= 4 is 34.1 Å². The van der Waals surface area contributed by atoms with E-state index in [9.17, 15) is 9.59 Å². The quantitative estimate of drug-likeness (QED) is 0.667. The molecule has 3 amide bonds. The number of hydrogen-bond acceptors (Lipinski definition) is 3. The van der Waals surface area contributed by atoms with Crippen LogP contribution in [0.1, 0.15) is 0 Å². The first kappa shape index (κ1) is 16.3. The Morgan fingerprint density at radius 1 is 0.840 bits per heavy atom. The zero-order valence-electron chi connectivity index (χ0n) is 13.4. The van der Waals surface area contributed by atoms with Crippen molar-refractivity contribution in [3.05, 3.63) is 66.7 Å². The van der Waals surface area contributed by atoms with Gasteiger partial charge in [-0.25, -0.2) is 4.79 Å². The molecule has 0 aliphatic rings. The molecule has 0 unspecified atom stereocenters. The SMILES string of the molecule is NC(=O)Nc1ccc(NC(=O)COc2ccc3ccccc3c2)cc1. The highest BCUT2D eigenvalue weighted by Gasteiger charge is 2.05. The van der Waals surface area contributed by atoms with Crippen molar-refractivity contribution in [2.75, 3.05) is 17.2 Å². The molecule has 0 saturated carbocycles. The second-order valence-corrected chi connectivity index (χ2v) is 5.41. The summed E-state index contributed by atoms with van der Waals surface area (Å²) in [4.78, 5) is 22.7. The molecular weight excluding hydrogens is 318 g/mol. The molecule has 6 nitrogen and oxygen atoms in total. The van der Waals surface area contributed by atoms with Crippen molar-refractivity contribution in [2.45, 2.75) is 0 Å². The highest BCUT2D eigenvalue weighted by Crippen LogP contribution is 2.20. The molecule has 0 radical (unpaired) electrons. The van der Waals surface area contributed by atoms with Gasteiger partial charge in [-0.3, -0.25) is 4.79 Å². The number of benzene rings is 3. The van der Waals surface area contributed by atoms with Crippen LogP contribution in [0, 0.1) is 0 Å². The topological polar surface area (TPSA) is 93.5 Å². The third-order valence-corrected chi connectivity index (χ3v) is 3.53. The Labute approximate surface area is 144 Å². The maximum absolute atomic E-state index is 12.0. The van der Waals surface area contributed by atoms with Crippen LogP contribution >= 0.6 is 0 Å². The van der Waals surface area contributed by atoms with Gasteiger partial charge in [0.2, 0.25) is 0 Å². The number of amides is 3. The standard InChI is InChI=1S/C19H17N3O3/c20-19(24)22-16-8-6-15(7-9-16)21-18(23)12-25-17-10-5-13-3-1-2-4-14(13)11-17/h1-11H,12H2,(H,21,23)(H3,20,22,24). The first-order chi connectivity index (χ1) is 12.1. The number of nitrogens with one attached hydrogen (secondary N) is 2. The summed E-state index contributed by atoms with van der Waals surface area (Å²) in [5.41, 5.74) is 6.19. The van der Waals surface area contributed by atoms with E-state index in [4.69, 9.17) is 10.5 Å². The van der Waals surface area contributed by atoms with E-state index in [2.05, 4.69) is 10.6 Å². The van der Waals surface area contributed by atoms with Gasteiger partial charge in [0.25, 0.3) is 5.91 Å². The zero-order valence-corrected chi connectivity index (χ0v) is 13.4. The Morgan fingerprint density at radius 3 is 2.16 bits per heavy atom. The molecule has 0 fully saturated rings. The molecule has 3 aromatic rings. The van der Waals surface area contributed by atoms with Gasteiger partial charge in [-0.15, -0.1) is 0 Å². The van der Waals surface area contributed by atoms with Crippen LogP contribution in [-0.2, 0) is 4.79 Å². The smallest absolute Gasteiger partial charge is 0.316 e. The summed E-state index contributed by atoms with van der Waals surface area (Å²) in [5.74, 6) is 0.360. The third kappa shape index (κ3) is 4.48. The number of urea groups is 1. The van der Waals surface area contributed by atoms with Gasteiger partial charge < -0.3 is 21.1 Å². The molecular formula is C19H17N3O3. The molecule has 0 atom stereocenters. The number of nitrogens with two attached hydrogens (primary N) is 1. The van der Waals surface area contributed by atoms with E-state index in [1.54, 1.807) is 24.3 Å². The van der Waals surface area contributed by atoms with E-state index in [0.717, 1.165) is 10.8 Å². The molecule has 0 aromatic heterocycles. The number of hydrogen-bond donors (Lipinski definition) is 3. The number of ether oxygens (including phenoxy) is 1. The molecule has 3 aromatic carbocycles. The molecule has 0 heterocycles. The van der Waals surface area contributed by atoms with Crippen molar-refractivity contribution < 1.29 is 14.3 Å². The fourth-order valence-electron chi connectivity index (χ4n) is 2.38. The van der Waals surface area contributed by atoms with Crippen LogP contribution < -0.4 is 21.1 Å². The second-order valence-electron chi connectivity index (χ2n) is 5.41. The zero-order chi connectivity index (χ0) is 17.6. The summed E-state index contributed by atoms with van der Waals surface area (Å²) >= 11 is 0. The lowest BCUT2D eigenvalue weighted by Gasteiger charge is -2.09. The van der Waals surface area contributed by atoms with Crippen LogP contribution in [0.25, 0.3) is 10.8 Å². The van der Waals surface area contributed by atoms with E-state index < -0.39 is 6.03 Å². The lowest BCUT2D eigenvalue weighted by atomic mass is 10.1. The van der Waals surface area contributed by atoms with Gasteiger partial charge >= 0.3 is 6.03 Å². The summed E-state index contributed by atoms with van der Waals surface area (Å²) < 4.78 is 5.54. The number of rotatable bonds is 5. The van der Waals surface area contributed by atoms with Gasteiger partial charge in [0.15, 0.2) is 6.61 Å². The van der Waals surface area contributed by atoms with Crippen LogP contribution in [0.4, 0.5) is 16.2 Å². The predicted octanol–water partition coefficient (Wildman–Crippen LogP) is 3.35. The average molecular weight is 335 g/mol. The highest BCUT2D eigenvalue weighted by atomic mass is 16.5. The molecule has 4 N–H and O–H groups in total. The maximum atomic E-state index is 12.0. The largest absolute Gasteiger partial charge is 0.484 e. The molecule has 6 heteroatoms. The molecule has 25 heavy (non-hydrogen) atoms. The van der Waals surface area contributed by atoms with Gasteiger partial charge in [0.1, 0.15) is 5.75 Å². The van der Waals surface area contributed by atoms with Crippen LogP contribution in [0.2, 0.25) is 0 Å². The van der Waals surface area contributed by atoms with E-state index in [-0.39, 0.29) is 12.5 Å². The Balaban J connectivity index is 1.55. The van der Waals surface area contributed by atoms with E-state index in [0.29, 0.717) is 17.1 Å². The van der Waals surface area contributed by atoms with Gasteiger partial charge in [-0.2, -0.15) is 0 Å². The first-order valence-electron chi connectivity index (χ1n) is 7.68. The number of fused-ring (bicyclic) bond motifs is 1. The van der Waals surface area contributed by atoms with Gasteiger partial charge in [0, 0.05) is 11.4 Å². The van der Waals surface area contributed by atoms with Crippen molar-refractivity contribution in [3.8, 4) is 5.75 Å². The monoisotopic (exact) mass is 335 g/mol. The predicted molar refractivity (Wildman–Crippen MR) is 97.7 cm³/mol. The summed E-state index contributed by atoms with van der Waals surface area (Å²) in [6, 6.07) is 19.6. The minimum Gasteiger partial charge on any atom is -0.484 e. The van der Waals surface area contributed by atoms with Crippen LogP contribution in [-0.4, -0.2) is 18.5 Å². The Hall–Kier alpha value is -3.54. The fourth-order valence-corrected chi connectivity index (χ4v) is 2.38. The van der Waals surface area contributed by atoms with Crippen molar-refractivity contribution in [3.63, 3.8) is 0 Å². The lowest BCUT2D eigenvalue weighted by Crippen LogP contribution is -2.20. The normalized spacial score (nSPS) is 10.2. The highest BCUT2D eigenvalue weighted by molar-refractivity contribution is 5.93. The van der Waals surface area contributed by atoms with Crippen molar-refractivity contribution in [1.82, 2.24) is 0 Å². The van der Waals surface area contributed by atoms with Crippen LogP contribution in [0.3, 0.4) is 0 Å². The van der Waals surface area contributed by atoms with Gasteiger partial charge in [0.05, 0.1) is 0 Å². The minimum atomic E-state index is -0.638. The molecule has 0 bridgehead atoms. The van der Waals surface area contributed by atoms with E-state index >= 15 is 0 Å². The summed E-state index contributed by atoms with van der Waals surface area (Å²) in [7, 11) is 0. The number of carbonyl (C=O) groups excluding carboxylic acids is 2. The van der Waals surface area contributed by atoms with Gasteiger partial charge in [-0.1, -0.05) is 30.3 Å². The van der Waals surface area contributed by atoms with E-state index in [1.807, 2.05) is 42.5 Å². The molecule has 3 rings (SSSR count). The van der Waals surface area contributed by atoms with Crippen LogP contribution in [0.15, 0.2) is 66.7 Å². The summed E-state index contributed by atoms with van der Waals surface area (Å²) in [5, 5.41) is 7.34. The third-order valence-electron chi connectivity index (χ3n) is 3.53. The van der Waals surface area contributed by atoms with Crippen LogP contribution in [0.5, 0.6) is 5.75 Å². The molecule has 0 aliphatic carbocycles. The fraction of sp³-hybridized carbons (Fsp3) is 0.0526. The second kappa shape index (κ2) is 7.35. The molecule has 0 aliphatic heterocycles. The number of carbonyl (C=O) groups is 2. The minimum absolute atomic E-state index is 0.0976. The molecule has 0 spiro atoms. The molecule has 126 valence electrons. The van der Waals surface area contributed by atoms with Crippen molar-refractivity contribution in [1.29, 1.82) is 0 Å². The Morgan fingerprint density at radius 2 is 1.48 bits per heavy atom. The maximum Gasteiger partial charge on any atom is 0.316 e. The Bertz CT molecular complexity index is 907. The van der Waals surface area contributed by atoms with E-state index in [1.165, 1.54) is 0 Å². The Kier molecular flexibility index (Phi) is 4.80. The summed E-state index contributed by atoms with van der Waals surface area (Å²) in [6.07, 6.45) is 0. The lowest BCUT2D eigenvalue weighted by molar-refractivity contribution is -0.118. The average Bonchev–Trinajstić information content (AvgIpc) is 2.61. The molecule has 0 saturated heterocycles. The number of primary amides is 1. The van der Waals surface area contributed by atoms with Gasteiger partial charge in [-0.05, 0) is 47.2 Å². The first-order valence-corrected chi connectivity index (χ1v) is 7.68. The van der Waals surface area contributed by atoms with Crippen molar-refractivity contribution in [2.24, 2.45) is 5.73 Å². The summed E-state index contributed by atoms with van der Waals surface area (Å²) in [6.45, 7) is -0.0976.